The second-order valence-electron chi connectivity index (χ2n) is 5.04. The number of carbonyl (C=O) groups is 1. The SMILES string of the molecule is CCC1CN(C)CCCN1C(=O)c1ccc(Br)cn1. The van der Waals surface area contributed by atoms with Crippen molar-refractivity contribution in [1.29, 1.82) is 0 Å². The highest BCUT2D eigenvalue weighted by molar-refractivity contribution is 9.10. The van der Waals surface area contributed by atoms with Gasteiger partial charge in [0.05, 0.1) is 0 Å². The average Bonchev–Trinajstić information content (AvgIpc) is 2.60. The van der Waals surface area contributed by atoms with E-state index in [1.54, 1.807) is 12.3 Å². The minimum atomic E-state index is 0.0506. The van der Waals surface area contributed by atoms with Crippen molar-refractivity contribution in [1.82, 2.24) is 14.8 Å². The third kappa shape index (κ3) is 3.54. The lowest BCUT2D eigenvalue weighted by molar-refractivity contribution is 0.0669. The molecule has 104 valence electrons. The van der Waals surface area contributed by atoms with Crippen molar-refractivity contribution in [3.8, 4) is 0 Å². The maximum atomic E-state index is 12.6. The molecule has 1 atom stereocenters. The van der Waals surface area contributed by atoms with Crippen LogP contribution in [-0.4, -0.2) is 53.4 Å². The number of rotatable bonds is 2. The highest BCUT2D eigenvalue weighted by atomic mass is 79.9. The molecule has 1 amide bonds. The van der Waals surface area contributed by atoms with Gasteiger partial charge in [-0.3, -0.25) is 4.79 Å². The van der Waals surface area contributed by atoms with Gasteiger partial charge in [-0.2, -0.15) is 0 Å². The number of aromatic nitrogens is 1. The molecule has 1 aromatic heterocycles. The molecular formula is C14H20BrN3O. The highest BCUT2D eigenvalue weighted by Gasteiger charge is 2.27. The molecule has 1 fully saturated rings. The van der Waals surface area contributed by atoms with Gasteiger partial charge in [-0.1, -0.05) is 6.92 Å². The third-order valence-electron chi connectivity index (χ3n) is 3.58. The van der Waals surface area contributed by atoms with Crippen LogP contribution in [0.5, 0.6) is 0 Å². The van der Waals surface area contributed by atoms with Gasteiger partial charge in [0.2, 0.25) is 0 Å². The molecule has 0 bridgehead atoms. The predicted molar refractivity (Wildman–Crippen MR) is 79.2 cm³/mol. The van der Waals surface area contributed by atoms with Crippen LogP contribution in [0.4, 0.5) is 0 Å². The van der Waals surface area contributed by atoms with Crippen LogP contribution in [0.3, 0.4) is 0 Å². The van der Waals surface area contributed by atoms with E-state index in [-0.39, 0.29) is 11.9 Å². The first kappa shape index (κ1) is 14.5. The maximum absolute atomic E-state index is 12.6. The molecule has 4 nitrogen and oxygen atoms in total. The molecule has 1 aliphatic rings. The Morgan fingerprint density at radius 2 is 2.26 bits per heavy atom. The summed E-state index contributed by atoms with van der Waals surface area (Å²) in [5.74, 6) is 0.0506. The molecule has 1 unspecified atom stereocenters. The summed E-state index contributed by atoms with van der Waals surface area (Å²) in [5.41, 5.74) is 0.534. The topological polar surface area (TPSA) is 36.4 Å². The van der Waals surface area contributed by atoms with Crippen molar-refractivity contribution in [3.63, 3.8) is 0 Å². The van der Waals surface area contributed by atoms with Crippen molar-refractivity contribution in [2.45, 2.75) is 25.8 Å². The van der Waals surface area contributed by atoms with Crippen molar-refractivity contribution < 1.29 is 4.79 Å². The summed E-state index contributed by atoms with van der Waals surface area (Å²) < 4.78 is 0.895. The van der Waals surface area contributed by atoms with Gasteiger partial charge in [-0.05, 0) is 54.5 Å². The number of hydrogen-bond acceptors (Lipinski definition) is 3. The Morgan fingerprint density at radius 3 is 2.89 bits per heavy atom. The van der Waals surface area contributed by atoms with Gasteiger partial charge >= 0.3 is 0 Å². The second-order valence-corrected chi connectivity index (χ2v) is 5.95. The second kappa shape index (κ2) is 6.48. The van der Waals surface area contributed by atoms with Gasteiger partial charge in [-0.15, -0.1) is 0 Å². The summed E-state index contributed by atoms with van der Waals surface area (Å²) in [6.07, 6.45) is 3.68. The number of halogens is 1. The fraction of sp³-hybridized carbons (Fsp3) is 0.571. The number of likely N-dealkylation sites (N-methyl/N-ethyl adjacent to an activating group) is 1. The Bertz CT molecular complexity index is 435. The summed E-state index contributed by atoms with van der Waals surface area (Å²) in [4.78, 5) is 21.1. The molecule has 0 spiro atoms. The van der Waals surface area contributed by atoms with Crippen molar-refractivity contribution in [3.05, 3.63) is 28.5 Å². The van der Waals surface area contributed by atoms with E-state index < -0.39 is 0 Å². The number of pyridine rings is 1. The molecule has 2 heterocycles. The molecule has 0 N–H and O–H groups in total. The fourth-order valence-corrected chi connectivity index (χ4v) is 2.74. The number of nitrogens with zero attached hydrogens (tertiary/aromatic N) is 3. The van der Waals surface area contributed by atoms with E-state index >= 15 is 0 Å². The van der Waals surface area contributed by atoms with Crippen LogP contribution >= 0.6 is 15.9 Å². The maximum Gasteiger partial charge on any atom is 0.272 e. The Morgan fingerprint density at radius 1 is 1.47 bits per heavy atom. The van der Waals surface area contributed by atoms with E-state index in [0.29, 0.717) is 5.69 Å². The van der Waals surface area contributed by atoms with E-state index in [1.165, 1.54) is 0 Å². The van der Waals surface area contributed by atoms with Gasteiger partial charge in [0.1, 0.15) is 5.69 Å². The largest absolute Gasteiger partial charge is 0.333 e. The van der Waals surface area contributed by atoms with Crippen LogP contribution in [0.25, 0.3) is 0 Å². The first-order valence-electron chi connectivity index (χ1n) is 6.73. The minimum absolute atomic E-state index is 0.0506. The summed E-state index contributed by atoms with van der Waals surface area (Å²) >= 11 is 3.34. The predicted octanol–water partition coefficient (Wildman–Crippen LogP) is 2.40. The van der Waals surface area contributed by atoms with Crippen LogP contribution in [-0.2, 0) is 0 Å². The lowest BCUT2D eigenvalue weighted by Gasteiger charge is -2.30. The summed E-state index contributed by atoms with van der Waals surface area (Å²) in [6.45, 7) is 4.95. The third-order valence-corrected chi connectivity index (χ3v) is 4.05. The molecule has 19 heavy (non-hydrogen) atoms. The van der Waals surface area contributed by atoms with Crippen LogP contribution < -0.4 is 0 Å². The van der Waals surface area contributed by atoms with Gasteiger partial charge in [0.25, 0.3) is 5.91 Å². The Kier molecular flexibility index (Phi) is 4.93. The van der Waals surface area contributed by atoms with Crippen molar-refractivity contribution in [2.75, 3.05) is 26.7 Å². The first-order chi connectivity index (χ1) is 9.11. The zero-order valence-corrected chi connectivity index (χ0v) is 13.1. The van der Waals surface area contributed by atoms with Crippen LogP contribution in [0.1, 0.15) is 30.3 Å². The monoisotopic (exact) mass is 325 g/mol. The normalized spacial score (nSPS) is 21.2. The average molecular weight is 326 g/mol. The molecule has 0 radical (unpaired) electrons. The molecule has 1 aromatic rings. The Hall–Kier alpha value is -0.940. The molecule has 0 aromatic carbocycles. The Labute approximate surface area is 122 Å². The van der Waals surface area contributed by atoms with E-state index in [9.17, 15) is 4.79 Å². The quantitative estimate of drug-likeness (QED) is 0.837. The zero-order valence-electron chi connectivity index (χ0n) is 11.5. The molecule has 0 aliphatic carbocycles. The minimum Gasteiger partial charge on any atom is -0.333 e. The molecule has 5 heteroatoms. The van der Waals surface area contributed by atoms with E-state index in [4.69, 9.17) is 0 Å². The lowest BCUT2D eigenvalue weighted by Crippen LogP contribution is -2.43. The highest BCUT2D eigenvalue weighted by Crippen LogP contribution is 2.16. The number of carbonyl (C=O) groups excluding carboxylic acids is 1. The van der Waals surface area contributed by atoms with Gasteiger partial charge < -0.3 is 9.80 Å². The smallest absolute Gasteiger partial charge is 0.272 e. The van der Waals surface area contributed by atoms with E-state index in [1.807, 2.05) is 11.0 Å². The van der Waals surface area contributed by atoms with Gasteiger partial charge in [0, 0.05) is 29.8 Å². The van der Waals surface area contributed by atoms with Gasteiger partial charge in [0.15, 0.2) is 0 Å². The summed E-state index contributed by atoms with van der Waals surface area (Å²) in [7, 11) is 2.12. The van der Waals surface area contributed by atoms with Crippen LogP contribution in [0.15, 0.2) is 22.8 Å². The van der Waals surface area contributed by atoms with Crippen molar-refractivity contribution in [2.24, 2.45) is 0 Å². The molecule has 1 aliphatic heterocycles. The standard InChI is InChI=1S/C14H20BrN3O/c1-3-12-10-17(2)7-4-8-18(12)14(19)13-6-5-11(15)9-16-13/h5-6,9,12H,3-4,7-8,10H2,1-2H3. The number of hydrogen-bond donors (Lipinski definition) is 0. The first-order valence-corrected chi connectivity index (χ1v) is 7.52. The van der Waals surface area contributed by atoms with E-state index in [0.717, 1.165) is 36.9 Å². The Balaban J connectivity index is 2.17. The summed E-state index contributed by atoms with van der Waals surface area (Å²) in [6, 6.07) is 3.93. The fourth-order valence-electron chi connectivity index (χ4n) is 2.51. The zero-order chi connectivity index (χ0) is 13.8. The lowest BCUT2D eigenvalue weighted by atomic mass is 10.1. The van der Waals surface area contributed by atoms with E-state index in [2.05, 4.69) is 39.8 Å². The van der Waals surface area contributed by atoms with Crippen LogP contribution in [0, 0.1) is 0 Å². The molecule has 1 saturated heterocycles. The van der Waals surface area contributed by atoms with Gasteiger partial charge in [-0.25, -0.2) is 4.98 Å². The van der Waals surface area contributed by atoms with Crippen LogP contribution in [0.2, 0.25) is 0 Å². The molecule has 0 saturated carbocycles. The van der Waals surface area contributed by atoms with Crippen molar-refractivity contribution >= 4 is 21.8 Å². The summed E-state index contributed by atoms with van der Waals surface area (Å²) in [5, 5.41) is 0. The molecule has 2 rings (SSSR count). The molecular weight excluding hydrogens is 306 g/mol. The number of amides is 1.